The fourth-order valence-electron chi connectivity index (χ4n) is 3.12. The molecular formula is C19H17FN2. The first kappa shape index (κ1) is 13.3. The summed E-state index contributed by atoms with van der Waals surface area (Å²) in [5, 5.41) is 0. The molecule has 0 fully saturated rings. The number of aromatic nitrogens is 2. The van der Waals surface area contributed by atoms with Gasteiger partial charge in [0.1, 0.15) is 11.6 Å². The smallest absolute Gasteiger partial charge is 0.140 e. The first-order valence-electron chi connectivity index (χ1n) is 7.72. The second-order valence-corrected chi connectivity index (χ2v) is 5.77. The Balaban J connectivity index is 1.67. The minimum Gasteiger partial charge on any atom is -0.328 e. The quantitative estimate of drug-likeness (QED) is 0.670. The average molecular weight is 292 g/mol. The molecule has 0 saturated heterocycles. The molecule has 0 saturated carbocycles. The van der Waals surface area contributed by atoms with Crippen LogP contribution >= 0.6 is 0 Å². The molecule has 0 radical (unpaired) electrons. The third-order valence-electron chi connectivity index (χ3n) is 4.32. The second kappa shape index (κ2) is 5.41. The van der Waals surface area contributed by atoms with Gasteiger partial charge in [0.15, 0.2) is 0 Å². The summed E-state index contributed by atoms with van der Waals surface area (Å²) in [7, 11) is 0. The predicted octanol–water partition coefficient (Wildman–Crippen LogP) is 4.69. The largest absolute Gasteiger partial charge is 0.328 e. The van der Waals surface area contributed by atoms with Crippen molar-refractivity contribution in [3.8, 4) is 22.5 Å². The van der Waals surface area contributed by atoms with Crippen LogP contribution in [0.2, 0.25) is 0 Å². The lowest BCUT2D eigenvalue weighted by atomic mass is 10.0. The molecule has 110 valence electrons. The van der Waals surface area contributed by atoms with Gasteiger partial charge in [0, 0.05) is 24.0 Å². The van der Waals surface area contributed by atoms with Gasteiger partial charge in [-0.25, -0.2) is 9.37 Å². The maximum absolute atomic E-state index is 13.0. The van der Waals surface area contributed by atoms with E-state index in [1.807, 2.05) is 18.3 Å². The Labute approximate surface area is 129 Å². The van der Waals surface area contributed by atoms with Gasteiger partial charge in [-0.3, -0.25) is 0 Å². The zero-order chi connectivity index (χ0) is 14.9. The molecule has 4 rings (SSSR count). The van der Waals surface area contributed by atoms with E-state index in [0.717, 1.165) is 35.5 Å². The molecule has 1 aliphatic heterocycles. The van der Waals surface area contributed by atoms with Crippen LogP contribution < -0.4 is 0 Å². The van der Waals surface area contributed by atoms with E-state index in [2.05, 4.69) is 33.8 Å². The van der Waals surface area contributed by atoms with Gasteiger partial charge < -0.3 is 4.57 Å². The molecule has 2 nitrogen and oxygen atoms in total. The third kappa shape index (κ3) is 2.33. The Hall–Kier alpha value is -2.42. The highest BCUT2D eigenvalue weighted by Gasteiger charge is 2.15. The Morgan fingerprint density at radius 3 is 2.18 bits per heavy atom. The van der Waals surface area contributed by atoms with E-state index >= 15 is 0 Å². The molecule has 1 aromatic heterocycles. The lowest BCUT2D eigenvalue weighted by Gasteiger charge is -2.16. The molecule has 0 spiro atoms. The summed E-state index contributed by atoms with van der Waals surface area (Å²) in [6.07, 6.45) is 5.61. The van der Waals surface area contributed by atoms with Crippen molar-refractivity contribution < 1.29 is 4.39 Å². The highest BCUT2D eigenvalue weighted by atomic mass is 19.1. The molecule has 0 N–H and O–H groups in total. The molecule has 1 aliphatic rings. The molecule has 0 unspecified atom stereocenters. The lowest BCUT2D eigenvalue weighted by molar-refractivity contribution is 0.536. The first-order chi connectivity index (χ1) is 10.8. The van der Waals surface area contributed by atoms with E-state index in [1.54, 1.807) is 0 Å². The van der Waals surface area contributed by atoms with Gasteiger partial charge in [-0.1, -0.05) is 36.4 Å². The maximum atomic E-state index is 13.0. The summed E-state index contributed by atoms with van der Waals surface area (Å²) in [5.74, 6) is 0.852. The van der Waals surface area contributed by atoms with Crippen LogP contribution in [0.25, 0.3) is 22.5 Å². The van der Waals surface area contributed by atoms with Gasteiger partial charge in [-0.15, -0.1) is 0 Å². The normalized spacial score (nSPS) is 13.9. The van der Waals surface area contributed by atoms with Gasteiger partial charge >= 0.3 is 0 Å². The third-order valence-corrected chi connectivity index (χ3v) is 4.32. The second-order valence-electron chi connectivity index (χ2n) is 5.77. The van der Waals surface area contributed by atoms with Gasteiger partial charge in [0.25, 0.3) is 0 Å². The number of rotatable bonds is 2. The molecule has 0 bridgehead atoms. The van der Waals surface area contributed by atoms with Crippen LogP contribution in [-0.4, -0.2) is 9.55 Å². The van der Waals surface area contributed by atoms with Crippen LogP contribution in [0.3, 0.4) is 0 Å². The van der Waals surface area contributed by atoms with Crippen molar-refractivity contribution in [2.45, 2.75) is 25.8 Å². The van der Waals surface area contributed by atoms with E-state index in [-0.39, 0.29) is 5.82 Å². The SMILES string of the molecule is Fc1ccc(-c2ccc(-c3ncc4n3CCCC4)cc2)cc1. The van der Waals surface area contributed by atoms with Gasteiger partial charge in [-0.05, 0) is 42.5 Å². The number of hydrogen-bond acceptors (Lipinski definition) is 1. The number of nitrogens with zero attached hydrogens (tertiary/aromatic N) is 2. The Morgan fingerprint density at radius 2 is 1.45 bits per heavy atom. The number of benzene rings is 2. The lowest BCUT2D eigenvalue weighted by Crippen LogP contribution is -2.10. The zero-order valence-electron chi connectivity index (χ0n) is 12.3. The fourth-order valence-corrected chi connectivity index (χ4v) is 3.12. The molecule has 2 heterocycles. The van der Waals surface area contributed by atoms with Crippen molar-refractivity contribution in [2.75, 3.05) is 0 Å². The van der Waals surface area contributed by atoms with Crippen LogP contribution in [0.4, 0.5) is 4.39 Å². The monoisotopic (exact) mass is 292 g/mol. The predicted molar refractivity (Wildman–Crippen MR) is 86.0 cm³/mol. The number of aryl methyl sites for hydroxylation is 1. The highest BCUT2D eigenvalue weighted by molar-refractivity contribution is 5.68. The molecule has 3 aromatic rings. The minimum absolute atomic E-state index is 0.204. The Kier molecular flexibility index (Phi) is 3.26. The fraction of sp³-hybridized carbons (Fsp3) is 0.211. The van der Waals surface area contributed by atoms with Gasteiger partial charge in [0.05, 0.1) is 0 Å². The molecule has 2 aromatic carbocycles. The summed E-state index contributed by atoms with van der Waals surface area (Å²) < 4.78 is 15.3. The molecule has 0 aliphatic carbocycles. The van der Waals surface area contributed by atoms with Crippen molar-refractivity contribution >= 4 is 0 Å². The molecule has 22 heavy (non-hydrogen) atoms. The van der Waals surface area contributed by atoms with Crippen molar-refractivity contribution in [1.82, 2.24) is 9.55 Å². The van der Waals surface area contributed by atoms with Gasteiger partial charge in [0.2, 0.25) is 0 Å². The first-order valence-corrected chi connectivity index (χ1v) is 7.72. The molecule has 3 heteroatoms. The van der Waals surface area contributed by atoms with Crippen LogP contribution in [0, 0.1) is 5.82 Å². The Bertz CT molecular complexity index is 785. The van der Waals surface area contributed by atoms with Crippen molar-refractivity contribution in [2.24, 2.45) is 0 Å². The number of hydrogen-bond donors (Lipinski definition) is 0. The van der Waals surface area contributed by atoms with Crippen molar-refractivity contribution in [3.05, 3.63) is 66.2 Å². The summed E-state index contributed by atoms with van der Waals surface area (Å²) >= 11 is 0. The van der Waals surface area contributed by atoms with Crippen LogP contribution in [0.1, 0.15) is 18.5 Å². The van der Waals surface area contributed by atoms with Crippen molar-refractivity contribution in [3.63, 3.8) is 0 Å². The summed E-state index contributed by atoms with van der Waals surface area (Å²) in [6, 6.07) is 15.0. The van der Waals surface area contributed by atoms with E-state index in [1.165, 1.54) is 30.7 Å². The molecule has 0 atom stereocenters. The molecular weight excluding hydrogens is 275 g/mol. The van der Waals surface area contributed by atoms with Crippen LogP contribution in [-0.2, 0) is 13.0 Å². The van der Waals surface area contributed by atoms with Gasteiger partial charge in [-0.2, -0.15) is 0 Å². The van der Waals surface area contributed by atoms with Crippen LogP contribution in [0.15, 0.2) is 54.7 Å². The highest BCUT2D eigenvalue weighted by Crippen LogP contribution is 2.27. The number of halogens is 1. The van der Waals surface area contributed by atoms with E-state index < -0.39 is 0 Å². The zero-order valence-corrected chi connectivity index (χ0v) is 12.3. The number of fused-ring (bicyclic) bond motifs is 1. The van der Waals surface area contributed by atoms with E-state index in [9.17, 15) is 4.39 Å². The standard InChI is InChI=1S/C19H17FN2/c20-17-10-8-15(9-11-17)14-4-6-16(7-5-14)19-21-13-18-3-1-2-12-22(18)19/h4-11,13H,1-3,12H2. The Morgan fingerprint density at radius 1 is 0.818 bits per heavy atom. The van der Waals surface area contributed by atoms with Crippen molar-refractivity contribution in [1.29, 1.82) is 0 Å². The van der Waals surface area contributed by atoms with E-state index in [0.29, 0.717) is 0 Å². The average Bonchev–Trinajstić information content (AvgIpc) is 3.00. The van der Waals surface area contributed by atoms with Crippen LogP contribution in [0.5, 0.6) is 0 Å². The summed E-state index contributed by atoms with van der Waals surface area (Å²) in [5.41, 5.74) is 4.59. The van der Waals surface area contributed by atoms with E-state index in [4.69, 9.17) is 0 Å². The number of imidazole rings is 1. The minimum atomic E-state index is -0.204. The summed E-state index contributed by atoms with van der Waals surface area (Å²) in [4.78, 5) is 4.60. The molecule has 0 amide bonds. The maximum Gasteiger partial charge on any atom is 0.140 e. The topological polar surface area (TPSA) is 17.8 Å². The summed E-state index contributed by atoms with van der Waals surface area (Å²) in [6.45, 7) is 1.06.